The smallest absolute Gasteiger partial charge is 0.147 e. The van der Waals surface area contributed by atoms with Crippen molar-refractivity contribution in [3.05, 3.63) is 84.3 Å². The van der Waals surface area contributed by atoms with Gasteiger partial charge in [0.25, 0.3) is 0 Å². The lowest BCUT2D eigenvalue weighted by atomic mass is 9.84. The van der Waals surface area contributed by atoms with E-state index < -0.39 is 0 Å². The van der Waals surface area contributed by atoms with Crippen molar-refractivity contribution in [3.8, 4) is 11.1 Å². The molecule has 2 fully saturated rings. The van der Waals surface area contributed by atoms with Crippen LogP contribution in [0.1, 0.15) is 43.2 Å². The number of hydrogen-bond donors (Lipinski definition) is 0. The zero-order valence-corrected chi connectivity index (χ0v) is 21.9. The van der Waals surface area contributed by atoms with Crippen LogP contribution < -0.4 is 4.90 Å². The standard InChI is InChI=1S/C32H35N5O/c38-31(27-6-2-1-3-7-27)19-24-8-10-26(11-9-24)28-12-13-29-30(20-28)35-32(22-34-29)37-17-15-36(16-18-37)23-25-5-4-14-33-21-25/h4-5,8-14,20-22,27H,1-3,6-7,15-19,23H2. The Morgan fingerprint density at radius 1 is 0.816 bits per heavy atom. The van der Waals surface area contributed by atoms with Crippen LogP contribution in [0.2, 0.25) is 0 Å². The first-order chi connectivity index (χ1) is 18.7. The summed E-state index contributed by atoms with van der Waals surface area (Å²) < 4.78 is 0. The van der Waals surface area contributed by atoms with Crippen LogP contribution in [0.4, 0.5) is 5.82 Å². The maximum absolute atomic E-state index is 12.7. The minimum Gasteiger partial charge on any atom is -0.353 e. The second-order valence-corrected chi connectivity index (χ2v) is 10.7. The van der Waals surface area contributed by atoms with E-state index in [1.807, 2.05) is 30.7 Å². The lowest BCUT2D eigenvalue weighted by molar-refractivity contribution is -0.123. The van der Waals surface area contributed by atoms with Crippen molar-refractivity contribution in [1.82, 2.24) is 19.9 Å². The molecular weight excluding hydrogens is 470 g/mol. The molecular formula is C32H35N5O. The fourth-order valence-corrected chi connectivity index (χ4v) is 5.80. The van der Waals surface area contributed by atoms with Crippen LogP contribution in [-0.2, 0) is 17.8 Å². The molecule has 1 aliphatic carbocycles. The zero-order valence-electron chi connectivity index (χ0n) is 21.9. The number of carbonyl (C=O) groups is 1. The maximum Gasteiger partial charge on any atom is 0.147 e. The largest absolute Gasteiger partial charge is 0.353 e. The van der Waals surface area contributed by atoms with Gasteiger partial charge in [0, 0.05) is 57.5 Å². The summed E-state index contributed by atoms with van der Waals surface area (Å²) in [7, 11) is 0. The Labute approximate surface area is 224 Å². The predicted molar refractivity (Wildman–Crippen MR) is 152 cm³/mol. The SMILES string of the molecule is O=C(Cc1ccc(-c2ccc3ncc(N4CCN(Cc5cccnc5)CC4)nc3c2)cc1)C1CCCCC1. The molecule has 3 heterocycles. The molecule has 0 unspecified atom stereocenters. The number of pyridine rings is 1. The van der Waals surface area contributed by atoms with Gasteiger partial charge in [0.05, 0.1) is 17.2 Å². The Balaban J connectivity index is 1.11. The first kappa shape index (κ1) is 24.7. The number of fused-ring (bicyclic) bond motifs is 1. The third-order valence-electron chi connectivity index (χ3n) is 8.08. The fourth-order valence-electron chi connectivity index (χ4n) is 5.80. The van der Waals surface area contributed by atoms with Crippen molar-refractivity contribution in [2.24, 2.45) is 5.92 Å². The molecule has 1 saturated carbocycles. The second-order valence-electron chi connectivity index (χ2n) is 10.7. The topological polar surface area (TPSA) is 62.2 Å². The molecule has 2 aromatic carbocycles. The van der Waals surface area contributed by atoms with Gasteiger partial charge in [-0.1, -0.05) is 55.7 Å². The molecule has 2 aliphatic rings. The molecule has 194 valence electrons. The van der Waals surface area contributed by atoms with Gasteiger partial charge in [-0.3, -0.25) is 19.7 Å². The van der Waals surface area contributed by atoms with E-state index in [0.29, 0.717) is 12.2 Å². The Morgan fingerprint density at radius 3 is 2.37 bits per heavy atom. The molecule has 0 bridgehead atoms. The number of carbonyl (C=O) groups excluding carboxylic acids is 1. The van der Waals surface area contributed by atoms with Crippen LogP contribution >= 0.6 is 0 Å². The Hall–Kier alpha value is -3.64. The highest BCUT2D eigenvalue weighted by molar-refractivity contribution is 5.84. The molecule has 0 atom stereocenters. The maximum atomic E-state index is 12.7. The molecule has 4 aromatic rings. The molecule has 6 rings (SSSR count). The predicted octanol–water partition coefficient (Wildman–Crippen LogP) is 5.71. The molecule has 6 heteroatoms. The van der Waals surface area contributed by atoms with E-state index >= 15 is 0 Å². The van der Waals surface area contributed by atoms with Crippen molar-refractivity contribution < 1.29 is 4.79 Å². The highest BCUT2D eigenvalue weighted by atomic mass is 16.1. The molecule has 38 heavy (non-hydrogen) atoms. The van der Waals surface area contributed by atoms with Gasteiger partial charge in [0.15, 0.2) is 0 Å². The lowest BCUT2D eigenvalue weighted by Gasteiger charge is -2.35. The molecule has 1 saturated heterocycles. The number of hydrogen-bond acceptors (Lipinski definition) is 6. The number of anilines is 1. The van der Waals surface area contributed by atoms with Gasteiger partial charge in [-0.05, 0) is 53.3 Å². The monoisotopic (exact) mass is 505 g/mol. The van der Waals surface area contributed by atoms with Crippen molar-refractivity contribution in [3.63, 3.8) is 0 Å². The Bertz CT molecular complexity index is 1370. The second kappa shape index (κ2) is 11.4. The third kappa shape index (κ3) is 5.76. The van der Waals surface area contributed by atoms with Crippen LogP contribution in [0.3, 0.4) is 0 Å². The van der Waals surface area contributed by atoms with E-state index in [1.54, 1.807) is 0 Å². The van der Waals surface area contributed by atoms with Gasteiger partial charge in [-0.15, -0.1) is 0 Å². The summed E-state index contributed by atoms with van der Waals surface area (Å²) in [5, 5.41) is 0. The molecule has 0 spiro atoms. The van der Waals surface area contributed by atoms with E-state index in [2.05, 4.69) is 57.2 Å². The van der Waals surface area contributed by atoms with E-state index in [-0.39, 0.29) is 5.92 Å². The number of Topliss-reactive ketones (excluding diaryl/α,β-unsaturated/α-hetero) is 1. The molecule has 2 aromatic heterocycles. The average molecular weight is 506 g/mol. The third-order valence-corrected chi connectivity index (χ3v) is 8.08. The van der Waals surface area contributed by atoms with Crippen LogP contribution in [0.25, 0.3) is 22.2 Å². The normalized spacial score (nSPS) is 17.1. The first-order valence-electron chi connectivity index (χ1n) is 14.0. The molecule has 1 aliphatic heterocycles. The fraction of sp³-hybridized carbons (Fsp3) is 0.375. The van der Waals surface area contributed by atoms with Gasteiger partial charge < -0.3 is 4.90 Å². The van der Waals surface area contributed by atoms with E-state index in [9.17, 15) is 4.79 Å². The van der Waals surface area contributed by atoms with Crippen molar-refractivity contribution in [1.29, 1.82) is 0 Å². The summed E-state index contributed by atoms with van der Waals surface area (Å²) in [5.74, 6) is 1.61. The number of nitrogens with zero attached hydrogens (tertiary/aromatic N) is 5. The highest BCUT2D eigenvalue weighted by Crippen LogP contribution is 2.27. The van der Waals surface area contributed by atoms with Crippen molar-refractivity contribution in [2.75, 3.05) is 31.1 Å². The van der Waals surface area contributed by atoms with Crippen LogP contribution in [-0.4, -0.2) is 51.8 Å². The summed E-state index contributed by atoms with van der Waals surface area (Å²) in [5.41, 5.74) is 6.43. The molecule has 0 N–H and O–H groups in total. The van der Waals surface area contributed by atoms with Gasteiger partial charge in [0.2, 0.25) is 0 Å². The first-order valence-corrected chi connectivity index (χ1v) is 14.0. The van der Waals surface area contributed by atoms with Gasteiger partial charge in [-0.2, -0.15) is 0 Å². The summed E-state index contributed by atoms with van der Waals surface area (Å²) in [4.78, 5) is 31.4. The van der Waals surface area contributed by atoms with Crippen molar-refractivity contribution >= 4 is 22.6 Å². The summed E-state index contributed by atoms with van der Waals surface area (Å²) in [6, 6.07) is 18.9. The number of aromatic nitrogens is 3. The van der Waals surface area contributed by atoms with Crippen LogP contribution in [0.5, 0.6) is 0 Å². The van der Waals surface area contributed by atoms with E-state index in [4.69, 9.17) is 9.97 Å². The number of ketones is 1. The van der Waals surface area contributed by atoms with Gasteiger partial charge in [0.1, 0.15) is 11.6 Å². The summed E-state index contributed by atoms with van der Waals surface area (Å²) in [6.07, 6.45) is 12.0. The molecule has 6 nitrogen and oxygen atoms in total. The van der Waals surface area contributed by atoms with E-state index in [0.717, 1.165) is 79.1 Å². The highest BCUT2D eigenvalue weighted by Gasteiger charge is 2.21. The lowest BCUT2D eigenvalue weighted by Crippen LogP contribution is -2.46. The Kier molecular flexibility index (Phi) is 7.40. The average Bonchev–Trinajstić information content (AvgIpc) is 2.98. The zero-order chi connectivity index (χ0) is 25.7. The summed E-state index contributed by atoms with van der Waals surface area (Å²) >= 11 is 0. The molecule has 0 radical (unpaired) electrons. The number of piperazine rings is 1. The van der Waals surface area contributed by atoms with Gasteiger partial charge >= 0.3 is 0 Å². The Morgan fingerprint density at radius 2 is 1.61 bits per heavy atom. The molecule has 0 amide bonds. The summed E-state index contributed by atoms with van der Waals surface area (Å²) in [6.45, 7) is 4.78. The number of rotatable bonds is 7. The minimum absolute atomic E-state index is 0.265. The quantitative estimate of drug-likeness (QED) is 0.321. The van der Waals surface area contributed by atoms with Crippen LogP contribution in [0.15, 0.2) is 73.2 Å². The van der Waals surface area contributed by atoms with E-state index in [1.165, 1.54) is 24.8 Å². The minimum atomic E-state index is 0.265. The van der Waals surface area contributed by atoms with Crippen molar-refractivity contribution in [2.45, 2.75) is 45.1 Å². The van der Waals surface area contributed by atoms with Gasteiger partial charge in [-0.25, -0.2) is 4.98 Å². The van der Waals surface area contributed by atoms with Crippen LogP contribution in [0, 0.1) is 5.92 Å². The number of benzene rings is 2.